The van der Waals surface area contributed by atoms with E-state index in [2.05, 4.69) is 10.3 Å². The number of nitrogens with one attached hydrogen (secondary N) is 1. The molecule has 1 aromatic heterocycles. The van der Waals surface area contributed by atoms with Crippen molar-refractivity contribution in [2.45, 2.75) is 53.0 Å². The number of aromatic nitrogens is 1. The Bertz CT molecular complexity index is 851. The lowest BCUT2D eigenvalue weighted by molar-refractivity contribution is -0.140. The van der Waals surface area contributed by atoms with Crippen LogP contribution < -0.4 is 5.32 Å². The Labute approximate surface area is 166 Å². The number of carbonyl (C=O) groups is 1. The van der Waals surface area contributed by atoms with Crippen molar-refractivity contribution in [3.05, 3.63) is 52.6 Å². The highest BCUT2D eigenvalue weighted by Crippen LogP contribution is 2.40. The van der Waals surface area contributed by atoms with Gasteiger partial charge in [-0.05, 0) is 45.2 Å². The molecule has 0 spiro atoms. The third-order valence-electron chi connectivity index (χ3n) is 4.74. The summed E-state index contributed by atoms with van der Waals surface area (Å²) >= 11 is 0. The summed E-state index contributed by atoms with van der Waals surface area (Å²) in [6, 6.07) is 3.85. The van der Waals surface area contributed by atoms with Gasteiger partial charge in [0.15, 0.2) is 0 Å². The third kappa shape index (κ3) is 4.11. The lowest BCUT2D eigenvalue weighted by atomic mass is 9.81. The van der Waals surface area contributed by atoms with Crippen LogP contribution >= 0.6 is 0 Å². The van der Waals surface area contributed by atoms with Gasteiger partial charge in [0.25, 0.3) is 0 Å². The largest absolute Gasteiger partial charge is 0.475 e. The van der Waals surface area contributed by atoms with Gasteiger partial charge in [0.05, 0.1) is 23.6 Å². The highest BCUT2D eigenvalue weighted by Gasteiger charge is 2.40. The van der Waals surface area contributed by atoms with Gasteiger partial charge < -0.3 is 14.8 Å². The maximum Gasteiger partial charge on any atom is 0.336 e. The van der Waals surface area contributed by atoms with Crippen molar-refractivity contribution < 1.29 is 14.3 Å². The Balaban J connectivity index is 2.09. The number of aliphatic imine (C=N–C) groups is 1. The average molecular weight is 383 g/mol. The monoisotopic (exact) mass is 383 g/mol. The number of esters is 1. The fourth-order valence-corrected chi connectivity index (χ4v) is 3.47. The maximum atomic E-state index is 13.0. The molecule has 0 bridgehead atoms. The molecule has 2 aliphatic heterocycles. The van der Waals surface area contributed by atoms with Gasteiger partial charge in [-0.3, -0.25) is 4.98 Å². The van der Waals surface area contributed by atoms with Crippen LogP contribution in [0, 0.1) is 5.92 Å². The van der Waals surface area contributed by atoms with Gasteiger partial charge >= 0.3 is 5.97 Å². The van der Waals surface area contributed by atoms with Crippen molar-refractivity contribution in [1.29, 1.82) is 0 Å². The van der Waals surface area contributed by atoms with E-state index in [4.69, 9.17) is 14.5 Å². The van der Waals surface area contributed by atoms with Crippen LogP contribution in [0.4, 0.5) is 0 Å². The minimum absolute atomic E-state index is 0.262. The number of dihydropyridines is 1. The van der Waals surface area contributed by atoms with Gasteiger partial charge in [-0.15, -0.1) is 0 Å². The van der Waals surface area contributed by atoms with Gasteiger partial charge in [0.1, 0.15) is 6.61 Å². The topological polar surface area (TPSA) is 72.8 Å². The molecular formula is C22H29N3O3. The normalized spacial score (nSPS) is 21.4. The lowest BCUT2D eigenvalue weighted by Crippen LogP contribution is -2.32. The molecule has 0 amide bonds. The minimum atomic E-state index is -0.345. The Kier molecular flexibility index (Phi) is 5.59. The van der Waals surface area contributed by atoms with Gasteiger partial charge in [0, 0.05) is 29.4 Å². The van der Waals surface area contributed by atoms with Crippen LogP contribution in [0.5, 0.6) is 0 Å². The second-order valence-electron chi connectivity index (χ2n) is 8.43. The Morgan fingerprint density at radius 1 is 1.36 bits per heavy atom. The number of carbonyl (C=O) groups excluding carboxylic acids is 1. The Hall–Kier alpha value is -2.63. The highest BCUT2D eigenvalue weighted by molar-refractivity contribution is 6.02. The number of ether oxygens (including phenoxy) is 2. The second-order valence-corrected chi connectivity index (χ2v) is 8.43. The van der Waals surface area contributed by atoms with E-state index in [0.29, 0.717) is 24.7 Å². The van der Waals surface area contributed by atoms with E-state index in [1.54, 1.807) is 12.4 Å². The molecule has 0 radical (unpaired) electrons. The predicted octanol–water partition coefficient (Wildman–Crippen LogP) is 3.72. The van der Waals surface area contributed by atoms with Crippen LogP contribution in [0.15, 0.2) is 52.1 Å². The third-order valence-corrected chi connectivity index (χ3v) is 4.74. The van der Waals surface area contributed by atoms with E-state index in [-0.39, 0.29) is 23.3 Å². The number of hydrogen-bond donors (Lipinski definition) is 1. The molecular weight excluding hydrogens is 354 g/mol. The number of hydrogen-bond acceptors (Lipinski definition) is 6. The molecule has 3 heterocycles. The van der Waals surface area contributed by atoms with Crippen LogP contribution in [-0.2, 0) is 14.3 Å². The quantitative estimate of drug-likeness (QED) is 0.785. The molecule has 3 rings (SSSR count). The van der Waals surface area contributed by atoms with Crippen molar-refractivity contribution >= 4 is 11.9 Å². The maximum absolute atomic E-state index is 13.0. The summed E-state index contributed by atoms with van der Waals surface area (Å²) in [5, 5.41) is 3.33. The molecule has 6 heteroatoms. The summed E-state index contributed by atoms with van der Waals surface area (Å²) in [5.41, 5.74) is 3.75. The number of rotatable bonds is 5. The van der Waals surface area contributed by atoms with Crippen LogP contribution in [-0.4, -0.2) is 35.6 Å². The molecule has 0 aromatic carbocycles. The van der Waals surface area contributed by atoms with Gasteiger partial charge in [-0.2, -0.15) is 0 Å². The van der Waals surface area contributed by atoms with Crippen LogP contribution in [0.25, 0.3) is 0 Å². The zero-order chi connectivity index (χ0) is 20.5. The van der Waals surface area contributed by atoms with E-state index in [0.717, 1.165) is 22.5 Å². The Morgan fingerprint density at radius 2 is 2.11 bits per heavy atom. The van der Waals surface area contributed by atoms with E-state index >= 15 is 0 Å². The Morgan fingerprint density at radius 3 is 2.68 bits per heavy atom. The second kappa shape index (κ2) is 7.78. The van der Waals surface area contributed by atoms with E-state index < -0.39 is 0 Å². The zero-order valence-electron chi connectivity index (χ0n) is 17.5. The van der Waals surface area contributed by atoms with E-state index in [1.807, 2.05) is 53.7 Å². The minimum Gasteiger partial charge on any atom is -0.475 e. The summed E-state index contributed by atoms with van der Waals surface area (Å²) in [7, 11) is 0. The molecule has 28 heavy (non-hydrogen) atoms. The van der Waals surface area contributed by atoms with E-state index in [9.17, 15) is 4.79 Å². The molecule has 2 aliphatic rings. The molecule has 0 saturated carbocycles. The first-order valence-corrected chi connectivity index (χ1v) is 9.68. The van der Waals surface area contributed by atoms with Gasteiger partial charge in [0.2, 0.25) is 5.90 Å². The summed E-state index contributed by atoms with van der Waals surface area (Å²) in [5.74, 6) is 0.168. The molecule has 1 N–H and O–H groups in total. The molecule has 0 unspecified atom stereocenters. The molecule has 1 aromatic rings. The van der Waals surface area contributed by atoms with Crippen molar-refractivity contribution in [3.8, 4) is 0 Å². The average Bonchev–Trinajstić information content (AvgIpc) is 2.99. The van der Waals surface area contributed by atoms with Crippen molar-refractivity contribution in [1.82, 2.24) is 10.3 Å². The molecule has 150 valence electrons. The summed E-state index contributed by atoms with van der Waals surface area (Å²) in [6.45, 7) is 12.9. The van der Waals surface area contributed by atoms with Crippen molar-refractivity contribution in [3.63, 3.8) is 0 Å². The predicted molar refractivity (Wildman–Crippen MR) is 109 cm³/mol. The number of nitrogens with zero attached hydrogens (tertiary/aromatic N) is 2. The smallest absolute Gasteiger partial charge is 0.336 e. The SMILES string of the molecule is CC1=C(C(=O)OCC(C)C)[C@@H](c2cccnc2)C(C2=NC(C)(C)CO2)=C(C)N1. The lowest BCUT2D eigenvalue weighted by Gasteiger charge is -2.31. The standard InChI is InChI=1S/C22H29N3O3/c1-13(2)11-27-21(26)18-15(4)24-14(3)17(20-25-22(5,6)12-28-20)19(18)16-8-7-9-23-10-16/h7-10,13,19,24H,11-12H2,1-6H3/t19-/m0/s1. The number of allylic oxidation sites excluding steroid dienone is 2. The molecule has 6 nitrogen and oxygen atoms in total. The summed E-state index contributed by atoms with van der Waals surface area (Å²) in [4.78, 5) is 22.1. The van der Waals surface area contributed by atoms with E-state index in [1.165, 1.54) is 0 Å². The first-order valence-electron chi connectivity index (χ1n) is 9.68. The van der Waals surface area contributed by atoms with Gasteiger partial charge in [-0.25, -0.2) is 9.79 Å². The van der Waals surface area contributed by atoms with Crippen LogP contribution in [0.1, 0.15) is 53.0 Å². The fourth-order valence-electron chi connectivity index (χ4n) is 3.47. The van der Waals surface area contributed by atoms with Crippen molar-refractivity contribution in [2.24, 2.45) is 10.9 Å². The van der Waals surface area contributed by atoms with Gasteiger partial charge in [-0.1, -0.05) is 19.9 Å². The summed E-state index contributed by atoms with van der Waals surface area (Å²) in [6.07, 6.45) is 3.51. The van der Waals surface area contributed by atoms with Crippen molar-refractivity contribution in [2.75, 3.05) is 13.2 Å². The summed E-state index contributed by atoms with van der Waals surface area (Å²) < 4.78 is 11.5. The molecule has 1 atom stereocenters. The molecule has 0 fully saturated rings. The molecule has 0 saturated heterocycles. The highest BCUT2D eigenvalue weighted by atomic mass is 16.5. The van der Waals surface area contributed by atoms with Crippen LogP contribution in [0.2, 0.25) is 0 Å². The zero-order valence-corrected chi connectivity index (χ0v) is 17.5. The molecule has 0 aliphatic carbocycles. The first-order chi connectivity index (χ1) is 13.2. The first kappa shape index (κ1) is 20.1. The van der Waals surface area contributed by atoms with Crippen LogP contribution in [0.3, 0.4) is 0 Å². The fraction of sp³-hybridized carbons (Fsp3) is 0.500. The number of pyridine rings is 1.